The number of halogens is 1. The molecule has 7 heteroatoms. The molecule has 1 fully saturated rings. The Morgan fingerprint density at radius 3 is 2.38 bits per heavy atom. The number of nitrogens with one attached hydrogen (secondary N) is 2. The molecule has 0 heterocycles. The summed E-state index contributed by atoms with van der Waals surface area (Å²) in [7, 11) is 0. The van der Waals surface area contributed by atoms with Crippen molar-refractivity contribution in [3.05, 3.63) is 66.0 Å². The molecule has 0 unspecified atom stereocenters. The average molecular weight is 437 g/mol. The fourth-order valence-electron chi connectivity index (χ4n) is 4.12. The van der Waals surface area contributed by atoms with E-state index in [1.807, 2.05) is 6.19 Å². The smallest absolute Gasteiger partial charge is 0.267 e. The molecule has 0 aliphatic heterocycles. The number of nitrogens with zero attached hydrogens (tertiary/aromatic N) is 2. The summed E-state index contributed by atoms with van der Waals surface area (Å²) in [5.74, 6) is -0.791. The Morgan fingerprint density at radius 2 is 1.72 bits per heavy atom. The topological polar surface area (TPSA) is 85.2 Å². The molecule has 1 atom stereocenters. The summed E-state index contributed by atoms with van der Waals surface area (Å²) in [5, 5.41) is 15.7. The van der Waals surface area contributed by atoms with Gasteiger partial charge in [-0.3, -0.25) is 9.59 Å². The van der Waals surface area contributed by atoms with Crippen LogP contribution < -0.4 is 10.6 Å². The fraction of sp³-hybridized carbons (Fsp3) is 0.400. The molecule has 0 spiro atoms. The number of nitriles is 1. The van der Waals surface area contributed by atoms with Crippen LogP contribution in [0.5, 0.6) is 0 Å². The van der Waals surface area contributed by atoms with Crippen LogP contribution in [-0.4, -0.2) is 35.8 Å². The summed E-state index contributed by atoms with van der Waals surface area (Å²) in [5.41, 5.74) is 1.13. The van der Waals surface area contributed by atoms with Crippen molar-refractivity contribution in [3.8, 4) is 6.19 Å². The van der Waals surface area contributed by atoms with Gasteiger partial charge in [-0.2, -0.15) is 5.26 Å². The van der Waals surface area contributed by atoms with Crippen molar-refractivity contribution in [2.75, 3.05) is 18.4 Å². The summed E-state index contributed by atoms with van der Waals surface area (Å²) in [6.07, 6.45) is 7.87. The van der Waals surface area contributed by atoms with Crippen molar-refractivity contribution in [2.24, 2.45) is 5.92 Å². The van der Waals surface area contributed by atoms with E-state index < -0.39 is 11.9 Å². The molecule has 0 bridgehead atoms. The molecular formula is C25H29FN4O2. The Kier molecular flexibility index (Phi) is 8.61. The Morgan fingerprint density at radius 1 is 1.03 bits per heavy atom. The lowest BCUT2D eigenvalue weighted by atomic mass is 9.84. The summed E-state index contributed by atoms with van der Waals surface area (Å²) >= 11 is 0. The number of hydrogen-bond donors (Lipinski definition) is 2. The predicted octanol–water partition coefficient (Wildman–Crippen LogP) is 4.32. The van der Waals surface area contributed by atoms with Gasteiger partial charge in [-0.05, 0) is 48.7 Å². The van der Waals surface area contributed by atoms with E-state index in [4.69, 9.17) is 0 Å². The molecule has 3 rings (SSSR count). The fourth-order valence-corrected chi connectivity index (χ4v) is 4.12. The van der Waals surface area contributed by atoms with Crippen LogP contribution in [-0.2, 0) is 4.79 Å². The van der Waals surface area contributed by atoms with Crippen LogP contribution in [0.15, 0.2) is 54.6 Å². The van der Waals surface area contributed by atoms with E-state index in [1.54, 1.807) is 42.5 Å². The van der Waals surface area contributed by atoms with Gasteiger partial charge >= 0.3 is 0 Å². The largest absolute Gasteiger partial charge is 0.383 e. The Hall–Kier alpha value is -3.40. The number of anilines is 1. The van der Waals surface area contributed by atoms with Crippen molar-refractivity contribution in [1.29, 1.82) is 5.26 Å². The Balaban J connectivity index is 1.65. The van der Waals surface area contributed by atoms with Gasteiger partial charge in [0.1, 0.15) is 11.9 Å². The monoisotopic (exact) mass is 436 g/mol. The van der Waals surface area contributed by atoms with Gasteiger partial charge in [0.2, 0.25) is 5.91 Å². The van der Waals surface area contributed by atoms with E-state index in [0.717, 1.165) is 36.3 Å². The summed E-state index contributed by atoms with van der Waals surface area (Å²) < 4.78 is 13.0. The third kappa shape index (κ3) is 6.55. The zero-order valence-electron chi connectivity index (χ0n) is 18.1. The van der Waals surface area contributed by atoms with E-state index in [9.17, 15) is 19.2 Å². The number of hydrogen-bond acceptors (Lipinski definition) is 4. The molecule has 32 heavy (non-hydrogen) atoms. The normalized spacial score (nSPS) is 14.8. The maximum absolute atomic E-state index is 13.1. The minimum atomic E-state index is -0.846. The first-order valence-corrected chi connectivity index (χ1v) is 11.1. The highest BCUT2D eigenvalue weighted by Gasteiger charge is 2.33. The minimum absolute atomic E-state index is 0.311. The lowest BCUT2D eigenvalue weighted by Crippen LogP contribution is -2.49. The first-order valence-electron chi connectivity index (χ1n) is 11.1. The van der Waals surface area contributed by atoms with Crippen LogP contribution in [0.3, 0.4) is 0 Å². The lowest BCUT2D eigenvalue weighted by Gasteiger charge is -2.30. The molecule has 0 aromatic heterocycles. The van der Waals surface area contributed by atoms with E-state index in [-0.39, 0.29) is 11.7 Å². The van der Waals surface area contributed by atoms with Crippen molar-refractivity contribution in [3.63, 3.8) is 0 Å². The second-order valence-electron chi connectivity index (χ2n) is 8.12. The standard InChI is InChI=1S/C25H29FN4O2/c26-21-11-13-22(14-12-21)28-15-16-29-24(31)23(17-19-7-3-1-4-8-19)30(18-27)25(32)20-9-5-2-6-10-20/h2,5-6,9-14,19,23,28H,1,3-4,7-8,15-17H2,(H,29,31)/t23-/m0/s1. The minimum Gasteiger partial charge on any atom is -0.383 e. The second kappa shape index (κ2) is 11.8. The zero-order valence-corrected chi connectivity index (χ0v) is 18.1. The van der Waals surface area contributed by atoms with E-state index in [2.05, 4.69) is 10.6 Å². The van der Waals surface area contributed by atoms with Gasteiger partial charge in [0.05, 0.1) is 0 Å². The van der Waals surface area contributed by atoms with E-state index in [1.165, 1.54) is 18.6 Å². The van der Waals surface area contributed by atoms with Crippen LogP contribution in [0.1, 0.15) is 48.9 Å². The van der Waals surface area contributed by atoms with Gasteiger partial charge in [0.15, 0.2) is 6.19 Å². The summed E-state index contributed by atoms with van der Waals surface area (Å²) in [6, 6.07) is 13.7. The number of carbonyl (C=O) groups excluding carboxylic acids is 2. The van der Waals surface area contributed by atoms with Crippen LogP contribution >= 0.6 is 0 Å². The highest BCUT2D eigenvalue weighted by atomic mass is 19.1. The van der Waals surface area contributed by atoms with Gasteiger partial charge in [-0.25, -0.2) is 9.29 Å². The lowest BCUT2D eigenvalue weighted by molar-refractivity contribution is -0.125. The van der Waals surface area contributed by atoms with Gasteiger partial charge in [0, 0.05) is 24.3 Å². The van der Waals surface area contributed by atoms with Crippen LogP contribution in [0.25, 0.3) is 0 Å². The van der Waals surface area contributed by atoms with E-state index >= 15 is 0 Å². The SMILES string of the molecule is N#CN(C(=O)c1ccccc1)[C@@H](CC1CCCCC1)C(=O)NCCNc1ccc(F)cc1. The second-order valence-corrected chi connectivity index (χ2v) is 8.12. The Labute approximate surface area is 188 Å². The molecule has 168 valence electrons. The molecule has 1 aliphatic rings. The van der Waals surface area contributed by atoms with Crippen LogP contribution in [0.4, 0.5) is 10.1 Å². The molecule has 0 radical (unpaired) electrons. The third-order valence-electron chi connectivity index (χ3n) is 5.84. The highest BCUT2D eigenvalue weighted by Crippen LogP contribution is 2.29. The number of carbonyl (C=O) groups is 2. The summed E-state index contributed by atoms with van der Waals surface area (Å²) in [4.78, 5) is 27.1. The van der Waals surface area contributed by atoms with Gasteiger partial charge in [0.25, 0.3) is 5.91 Å². The molecule has 2 aromatic carbocycles. The maximum Gasteiger partial charge on any atom is 0.267 e. The molecule has 2 amide bonds. The average Bonchev–Trinajstić information content (AvgIpc) is 2.83. The van der Waals surface area contributed by atoms with Gasteiger partial charge < -0.3 is 10.6 Å². The highest BCUT2D eigenvalue weighted by molar-refractivity contribution is 5.98. The predicted molar refractivity (Wildman–Crippen MR) is 121 cm³/mol. The molecule has 6 nitrogen and oxygen atoms in total. The van der Waals surface area contributed by atoms with E-state index in [0.29, 0.717) is 31.0 Å². The first kappa shape index (κ1) is 23.3. The molecule has 2 N–H and O–H groups in total. The van der Waals surface area contributed by atoms with Gasteiger partial charge in [-0.15, -0.1) is 0 Å². The molecule has 2 aromatic rings. The van der Waals surface area contributed by atoms with Crippen LogP contribution in [0.2, 0.25) is 0 Å². The van der Waals surface area contributed by atoms with Crippen LogP contribution in [0, 0.1) is 23.2 Å². The van der Waals surface area contributed by atoms with Crippen molar-refractivity contribution >= 4 is 17.5 Å². The Bertz CT molecular complexity index is 921. The number of amides is 2. The molecule has 0 saturated heterocycles. The van der Waals surface area contributed by atoms with Gasteiger partial charge in [-0.1, -0.05) is 50.3 Å². The maximum atomic E-state index is 13.1. The van der Waals surface area contributed by atoms with Crippen molar-refractivity contribution < 1.29 is 14.0 Å². The molecule has 1 aliphatic carbocycles. The molecule has 1 saturated carbocycles. The third-order valence-corrected chi connectivity index (χ3v) is 5.84. The first-order chi connectivity index (χ1) is 15.6. The summed E-state index contributed by atoms with van der Waals surface area (Å²) in [6.45, 7) is 0.753. The zero-order chi connectivity index (χ0) is 22.8. The quantitative estimate of drug-likeness (QED) is 0.348. The number of rotatable bonds is 9. The number of benzene rings is 2. The van der Waals surface area contributed by atoms with Crippen molar-refractivity contribution in [2.45, 2.75) is 44.6 Å². The van der Waals surface area contributed by atoms with Crippen molar-refractivity contribution in [1.82, 2.24) is 10.2 Å². The molecular weight excluding hydrogens is 407 g/mol.